The minimum Gasteiger partial charge on any atom is -0.461 e. The van der Waals surface area contributed by atoms with Gasteiger partial charge in [-0.05, 0) is 18.9 Å². The summed E-state index contributed by atoms with van der Waals surface area (Å²) in [6, 6.07) is 9.70. The molecule has 1 aromatic rings. The molecule has 86 valence electrons. The highest BCUT2D eigenvalue weighted by Gasteiger charge is 2.12. The first-order valence-corrected chi connectivity index (χ1v) is 5.20. The topological polar surface area (TPSA) is 58.9 Å². The number of oxime groups is 1. The van der Waals surface area contributed by atoms with E-state index in [1.54, 1.807) is 6.92 Å². The predicted octanol–water partition coefficient (Wildman–Crippen LogP) is 2.01. The van der Waals surface area contributed by atoms with Gasteiger partial charge in [-0.25, -0.2) is 4.79 Å². The highest BCUT2D eigenvalue weighted by atomic mass is 16.5. The summed E-state index contributed by atoms with van der Waals surface area (Å²) in [6.07, 6.45) is 1.03. The quantitative estimate of drug-likeness (QED) is 0.358. The summed E-state index contributed by atoms with van der Waals surface area (Å²) in [6.45, 7) is 1.99. The van der Waals surface area contributed by atoms with Crippen molar-refractivity contribution < 1.29 is 14.7 Å². The molecule has 0 saturated heterocycles. The van der Waals surface area contributed by atoms with E-state index < -0.39 is 5.97 Å². The second-order valence-electron chi connectivity index (χ2n) is 3.25. The van der Waals surface area contributed by atoms with Gasteiger partial charge in [0.25, 0.3) is 0 Å². The molecule has 0 aliphatic heterocycles. The van der Waals surface area contributed by atoms with Crippen LogP contribution in [0.2, 0.25) is 0 Å². The lowest BCUT2D eigenvalue weighted by atomic mass is 10.1. The van der Waals surface area contributed by atoms with E-state index in [9.17, 15) is 4.79 Å². The number of hydrogen-bond acceptors (Lipinski definition) is 4. The van der Waals surface area contributed by atoms with E-state index in [-0.39, 0.29) is 12.3 Å². The number of ether oxygens (including phenoxy) is 1. The van der Waals surface area contributed by atoms with Crippen LogP contribution in [0.5, 0.6) is 0 Å². The molecule has 0 aromatic heterocycles. The Morgan fingerprint density at radius 3 is 2.62 bits per heavy atom. The monoisotopic (exact) mass is 221 g/mol. The van der Waals surface area contributed by atoms with E-state index in [0.717, 1.165) is 5.56 Å². The molecule has 0 heterocycles. The fourth-order valence-electron chi connectivity index (χ4n) is 1.31. The zero-order chi connectivity index (χ0) is 11.8. The number of hydrogen-bond donors (Lipinski definition) is 1. The normalized spacial score (nSPS) is 11.2. The molecule has 0 unspecified atom stereocenters. The van der Waals surface area contributed by atoms with Crippen LogP contribution in [0.15, 0.2) is 35.5 Å². The Labute approximate surface area is 94.5 Å². The summed E-state index contributed by atoms with van der Waals surface area (Å²) in [7, 11) is 0. The summed E-state index contributed by atoms with van der Waals surface area (Å²) >= 11 is 0. The number of carbonyl (C=O) groups is 1. The Kier molecular flexibility index (Phi) is 5.05. The van der Waals surface area contributed by atoms with Crippen LogP contribution >= 0.6 is 0 Å². The molecule has 0 bridgehead atoms. The van der Waals surface area contributed by atoms with Crippen LogP contribution in [0.25, 0.3) is 0 Å². The second-order valence-corrected chi connectivity index (χ2v) is 3.25. The van der Waals surface area contributed by atoms with Gasteiger partial charge < -0.3 is 9.94 Å². The molecule has 0 amide bonds. The molecule has 1 rings (SSSR count). The Morgan fingerprint density at radius 2 is 2.06 bits per heavy atom. The molecule has 1 aromatic carbocycles. The van der Waals surface area contributed by atoms with E-state index in [1.165, 1.54) is 0 Å². The van der Waals surface area contributed by atoms with Crippen molar-refractivity contribution >= 4 is 11.7 Å². The number of rotatable bonds is 5. The number of carbonyl (C=O) groups excluding carboxylic acids is 1. The number of benzene rings is 1. The van der Waals surface area contributed by atoms with Gasteiger partial charge in [0.05, 0.1) is 6.61 Å². The molecule has 0 spiro atoms. The molecule has 0 fully saturated rings. The molecule has 4 nitrogen and oxygen atoms in total. The number of nitrogens with zero attached hydrogens (tertiary/aromatic N) is 1. The van der Waals surface area contributed by atoms with Crippen molar-refractivity contribution in [1.82, 2.24) is 0 Å². The van der Waals surface area contributed by atoms with Gasteiger partial charge in [0, 0.05) is 6.42 Å². The van der Waals surface area contributed by atoms with Crippen LogP contribution in [0, 0.1) is 0 Å². The summed E-state index contributed by atoms with van der Waals surface area (Å²) in [4.78, 5) is 11.3. The second kappa shape index (κ2) is 6.61. The van der Waals surface area contributed by atoms with E-state index in [2.05, 4.69) is 5.16 Å². The maximum absolute atomic E-state index is 11.3. The lowest BCUT2D eigenvalue weighted by molar-refractivity contribution is -0.135. The third-order valence-corrected chi connectivity index (χ3v) is 2.13. The molecule has 0 aliphatic carbocycles. The molecule has 0 aliphatic rings. The van der Waals surface area contributed by atoms with Crippen LogP contribution < -0.4 is 0 Å². The highest BCUT2D eigenvalue weighted by molar-refractivity contribution is 6.36. The average molecular weight is 221 g/mol. The van der Waals surface area contributed by atoms with Crippen LogP contribution in [-0.4, -0.2) is 23.5 Å². The zero-order valence-corrected chi connectivity index (χ0v) is 9.22. The molecular weight excluding hydrogens is 206 g/mol. The summed E-state index contributed by atoms with van der Waals surface area (Å²) in [5.41, 5.74) is 1.15. The van der Waals surface area contributed by atoms with Gasteiger partial charge in [-0.1, -0.05) is 35.5 Å². The average Bonchev–Trinajstić information content (AvgIpc) is 2.31. The molecular formula is C12H15NO3. The lowest BCUT2D eigenvalue weighted by Gasteiger charge is -2.04. The van der Waals surface area contributed by atoms with Crippen molar-refractivity contribution in [2.75, 3.05) is 6.61 Å². The summed E-state index contributed by atoms with van der Waals surface area (Å²) < 4.78 is 4.75. The Bertz CT molecular complexity index is 360. The Hall–Kier alpha value is -1.84. The van der Waals surface area contributed by atoms with Gasteiger partial charge in [-0.3, -0.25) is 0 Å². The third-order valence-electron chi connectivity index (χ3n) is 2.13. The largest absolute Gasteiger partial charge is 0.461 e. The minimum atomic E-state index is -0.555. The fourth-order valence-corrected chi connectivity index (χ4v) is 1.31. The third kappa shape index (κ3) is 3.73. The number of esters is 1. The van der Waals surface area contributed by atoms with E-state index >= 15 is 0 Å². The van der Waals surface area contributed by atoms with E-state index in [1.807, 2.05) is 30.3 Å². The lowest BCUT2D eigenvalue weighted by Crippen LogP contribution is -2.18. The molecule has 4 heteroatoms. The van der Waals surface area contributed by atoms with Crippen molar-refractivity contribution in [1.29, 1.82) is 0 Å². The minimum absolute atomic E-state index is 0.0608. The van der Waals surface area contributed by atoms with Crippen LogP contribution in [0.3, 0.4) is 0 Å². The van der Waals surface area contributed by atoms with Crippen molar-refractivity contribution in [3.05, 3.63) is 35.9 Å². The van der Waals surface area contributed by atoms with Gasteiger partial charge in [0.1, 0.15) is 0 Å². The summed E-state index contributed by atoms with van der Waals surface area (Å²) in [5.74, 6) is -0.555. The molecule has 1 N–H and O–H groups in total. The van der Waals surface area contributed by atoms with Crippen molar-refractivity contribution in [2.24, 2.45) is 5.16 Å². The van der Waals surface area contributed by atoms with Crippen LogP contribution in [-0.2, 0) is 16.0 Å². The predicted molar refractivity (Wildman–Crippen MR) is 60.6 cm³/mol. The molecule has 16 heavy (non-hydrogen) atoms. The first-order valence-electron chi connectivity index (χ1n) is 5.20. The van der Waals surface area contributed by atoms with Gasteiger partial charge in [0.2, 0.25) is 0 Å². The zero-order valence-electron chi connectivity index (χ0n) is 9.22. The Balaban J connectivity index is 2.50. The van der Waals surface area contributed by atoms with Gasteiger partial charge in [-0.15, -0.1) is 0 Å². The van der Waals surface area contributed by atoms with Crippen LogP contribution in [0.1, 0.15) is 18.9 Å². The van der Waals surface area contributed by atoms with E-state index in [0.29, 0.717) is 12.8 Å². The Morgan fingerprint density at radius 1 is 1.38 bits per heavy atom. The van der Waals surface area contributed by atoms with Gasteiger partial charge in [-0.2, -0.15) is 0 Å². The van der Waals surface area contributed by atoms with Gasteiger partial charge in [0.15, 0.2) is 5.71 Å². The van der Waals surface area contributed by atoms with E-state index in [4.69, 9.17) is 9.94 Å². The van der Waals surface area contributed by atoms with Crippen molar-refractivity contribution in [3.63, 3.8) is 0 Å². The van der Waals surface area contributed by atoms with Crippen LogP contribution in [0.4, 0.5) is 0 Å². The molecule has 0 radical (unpaired) electrons. The van der Waals surface area contributed by atoms with Crippen molar-refractivity contribution in [2.45, 2.75) is 19.8 Å². The van der Waals surface area contributed by atoms with Crippen molar-refractivity contribution in [3.8, 4) is 0 Å². The maximum atomic E-state index is 11.3. The van der Waals surface area contributed by atoms with Gasteiger partial charge >= 0.3 is 5.97 Å². The molecule has 0 atom stereocenters. The SMILES string of the molecule is CCOC(=O)/C(CCc1ccccc1)=N\O. The molecule has 0 saturated carbocycles. The maximum Gasteiger partial charge on any atom is 0.356 e. The smallest absolute Gasteiger partial charge is 0.356 e. The first-order chi connectivity index (χ1) is 7.77. The highest BCUT2D eigenvalue weighted by Crippen LogP contribution is 2.04. The first kappa shape index (κ1) is 12.2. The fraction of sp³-hybridized carbons (Fsp3) is 0.333. The standard InChI is InChI=1S/C12H15NO3/c1-2-16-12(14)11(13-15)9-8-10-6-4-3-5-7-10/h3-7,15H,2,8-9H2,1H3/b13-11-. The summed E-state index contributed by atoms with van der Waals surface area (Å²) in [5, 5.41) is 11.7. The number of aryl methyl sites for hydroxylation is 1.